The molecule has 1 heterocycles. The molecule has 4 aromatic rings. The lowest BCUT2D eigenvalue weighted by atomic mass is 10.1. The highest BCUT2D eigenvalue weighted by molar-refractivity contribution is 7.14. The van der Waals surface area contributed by atoms with Crippen molar-refractivity contribution in [1.29, 1.82) is 0 Å². The maximum absolute atomic E-state index is 12.2. The molecule has 0 unspecified atom stereocenters. The minimum atomic E-state index is -0.222. The van der Waals surface area contributed by atoms with E-state index in [0.29, 0.717) is 5.13 Å². The highest BCUT2D eigenvalue weighted by Gasteiger charge is 2.10. The summed E-state index contributed by atoms with van der Waals surface area (Å²) in [5.74, 6) is 0.506. The number of aryl methyl sites for hydroxylation is 1. The largest absolute Gasteiger partial charge is 0.483 e. The van der Waals surface area contributed by atoms with Crippen LogP contribution in [-0.4, -0.2) is 17.5 Å². The summed E-state index contributed by atoms with van der Waals surface area (Å²) in [7, 11) is 0. The van der Waals surface area contributed by atoms with Gasteiger partial charge in [-0.2, -0.15) is 0 Å². The van der Waals surface area contributed by atoms with E-state index in [9.17, 15) is 4.79 Å². The molecule has 0 fully saturated rings. The summed E-state index contributed by atoms with van der Waals surface area (Å²) < 4.78 is 5.66. The summed E-state index contributed by atoms with van der Waals surface area (Å²) in [5.41, 5.74) is 4.06. The summed E-state index contributed by atoms with van der Waals surface area (Å²) in [4.78, 5) is 16.8. The SMILES string of the molecule is Cc1cccc(OCC(=O)Nc2nc(-c3ccc4ccccc4c3)cs2)c1C. The Morgan fingerprint density at radius 1 is 1.04 bits per heavy atom. The van der Waals surface area contributed by atoms with E-state index >= 15 is 0 Å². The van der Waals surface area contributed by atoms with Gasteiger partial charge in [-0.15, -0.1) is 11.3 Å². The van der Waals surface area contributed by atoms with Crippen LogP contribution in [-0.2, 0) is 4.79 Å². The number of ether oxygens (including phenoxy) is 1. The van der Waals surface area contributed by atoms with E-state index in [2.05, 4.69) is 34.6 Å². The number of fused-ring (bicyclic) bond motifs is 1. The zero-order chi connectivity index (χ0) is 19.5. The molecule has 28 heavy (non-hydrogen) atoms. The van der Waals surface area contributed by atoms with E-state index in [1.807, 2.05) is 55.6 Å². The molecular formula is C23H20N2O2S. The van der Waals surface area contributed by atoms with Gasteiger partial charge in [-0.25, -0.2) is 4.98 Å². The molecule has 0 saturated carbocycles. The van der Waals surface area contributed by atoms with E-state index in [4.69, 9.17) is 4.74 Å². The number of nitrogens with one attached hydrogen (secondary N) is 1. The molecule has 140 valence electrons. The minimum absolute atomic E-state index is 0.0464. The monoisotopic (exact) mass is 388 g/mol. The van der Waals surface area contributed by atoms with E-state index < -0.39 is 0 Å². The molecule has 0 saturated heterocycles. The highest BCUT2D eigenvalue weighted by Crippen LogP contribution is 2.28. The van der Waals surface area contributed by atoms with Crippen molar-refractivity contribution in [2.45, 2.75) is 13.8 Å². The second kappa shape index (κ2) is 7.82. The summed E-state index contributed by atoms with van der Waals surface area (Å²) in [6.07, 6.45) is 0. The van der Waals surface area contributed by atoms with E-state index in [0.717, 1.165) is 28.1 Å². The number of rotatable bonds is 5. The van der Waals surface area contributed by atoms with Gasteiger partial charge < -0.3 is 4.74 Å². The normalized spacial score (nSPS) is 10.8. The van der Waals surface area contributed by atoms with Gasteiger partial charge in [0.1, 0.15) is 5.75 Å². The maximum atomic E-state index is 12.2. The summed E-state index contributed by atoms with van der Waals surface area (Å²) in [5, 5.41) is 7.69. The van der Waals surface area contributed by atoms with Crippen LogP contribution in [0.15, 0.2) is 66.0 Å². The summed E-state index contributed by atoms with van der Waals surface area (Å²) >= 11 is 1.41. The Hall–Kier alpha value is -3.18. The topological polar surface area (TPSA) is 51.2 Å². The van der Waals surface area contributed by atoms with Gasteiger partial charge in [0.2, 0.25) is 0 Å². The molecule has 0 atom stereocenters. The average Bonchev–Trinajstić information content (AvgIpc) is 3.17. The van der Waals surface area contributed by atoms with Gasteiger partial charge in [0.05, 0.1) is 5.69 Å². The molecule has 0 spiro atoms. The fourth-order valence-corrected chi connectivity index (χ4v) is 3.73. The summed E-state index contributed by atoms with van der Waals surface area (Å²) in [6, 6.07) is 20.3. The zero-order valence-electron chi connectivity index (χ0n) is 15.7. The van der Waals surface area contributed by atoms with Gasteiger partial charge in [-0.3, -0.25) is 10.1 Å². The first-order valence-corrected chi connectivity index (χ1v) is 9.92. The number of aromatic nitrogens is 1. The third-order valence-corrected chi connectivity index (χ3v) is 5.47. The van der Waals surface area contributed by atoms with E-state index in [1.165, 1.54) is 22.1 Å². The fourth-order valence-electron chi connectivity index (χ4n) is 2.99. The molecule has 3 aromatic carbocycles. The number of hydrogen-bond acceptors (Lipinski definition) is 4. The number of hydrogen-bond donors (Lipinski definition) is 1. The van der Waals surface area contributed by atoms with Crippen LogP contribution in [0, 0.1) is 13.8 Å². The number of amides is 1. The second-order valence-electron chi connectivity index (χ2n) is 6.63. The lowest BCUT2D eigenvalue weighted by Gasteiger charge is -2.10. The molecular weight excluding hydrogens is 368 g/mol. The molecule has 0 aliphatic heterocycles. The standard InChI is InChI=1S/C23H20N2O2S/c1-15-6-5-9-21(16(15)2)27-13-22(26)25-23-24-20(14-28-23)19-11-10-17-7-3-4-8-18(17)12-19/h3-12,14H,13H2,1-2H3,(H,24,25,26). The average molecular weight is 388 g/mol. The number of benzene rings is 3. The Morgan fingerprint density at radius 2 is 1.86 bits per heavy atom. The van der Waals surface area contributed by atoms with E-state index in [1.54, 1.807) is 0 Å². The maximum Gasteiger partial charge on any atom is 0.264 e. The van der Waals surface area contributed by atoms with Gasteiger partial charge in [0, 0.05) is 10.9 Å². The minimum Gasteiger partial charge on any atom is -0.483 e. The quantitative estimate of drug-likeness (QED) is 0.484. The molecule has 0 radical (unpaired) electrons. The van der Waals surface area contributed by atoms with Crippen LogP contribution in [0.2, 0.25) is 0 Å². The molecule has 0 aliphatic rings. The smallest absolute Gasteiger partial charge is 0.264 e. The van der Waals surface area contributed by atoms with Gasteiger partial charge in [0.15, 0.2) is 11.7 Å². The van der Waals surface area contributed by atoms with Gasteiger partial charge in [-0.1, -0.05) is 48.5 Å². The van der Waals surface area contributed by atoms with Crippen molar-refractivity contribution >= 4 is 33.1 Å². The van der Waals surface area contributed by atoms with Gasteiger partial charge in [0.25, 0.3) is 5.91 Å². The third-order valence-electron chi connectivity index (χ3n) is 4.71. The lowest BCUT2D eigenvalue weighted by Crippen LogP contribution is -2.20. The van der Waals surface area contributed by atoms with E-state index in [-0.39, 0.29) is 12.5 Å². The van der Waals surface area contributed by atoms with Crippen LogP contribution in [0.4, 0.5) is 5.13 Å². The number of thiazole rings is 1. The Morgan fingerprint density at radius 3 is 2.71 bits per heavy atom. The molecule has 4 rings (SSSR count). The molecule has 0 bridgehead atoms. The Balaban J connectivity index is 1.42. The molecule has 1 amide bonds. The van der Waals surface area contributed by atoms with Crippen LogP contribution in [0.3, 0.4) is 0 Å². The van der Waals surface area contributed by atoms with Crippen molar-refractivity contribution in [2.75, 3.05) is 11.9 Å². The Labute approximate surface area is 167 Å². The van der Waals surface area contributed by atoms with Crippen LogP contribution < -0.4 is 10.1 Å². The number of carbonyl (C=O) groups excluding carboxylic acids is 1. The number of carbonyl (C=O) groups is 1. The second-order valence-corrected chi connectivity index (χ2v) is 7.49. The zero-order valence-corrected chi connectivity index (χ0v) is 16.5. The van der Waals surface area contributed by atoms with Crippen LogP contribution in [0.5, 0.6) is 5.75 Å². The van der Waals surface area contributed by atoms with Crippen molar-refractivity contribution < 1.29 is 9.53 Å². The number of anilines is 1. The van der Waals surface area contributed by atoms with Crippen LogP contribution in [0.25, 0.3) is 22.0 Å². The Kier molecular flexibility index (Phi) is 5.08. The molecule has 1 N–H and O–H groups in total. The first-order valence-electron chi connectivity index (χ1n) is 9.04. The molecule has 4 nitrogen and oxygen atoms in total. The molecule has 0 aliphatic carbocycles. The van der Waals surface area contributed by atoms with Crippen molar-refractivity contribution in [2.24, 2.45) is 0 Å². The van der Waals surface area contributed by atoms with Crippen molar-refractivity contribution in [3.05, 3.63) is 77.2 Å². The van der Waals surface area contributed by atoms with Crippen LogP contribution in [0.1, 0.15) is 11.1 Å². The summed E-state index contributed by atoms with van der Waals surface area (Å²) in [6.45, 7) is 3.96. The number of nitrogens with zero attached hydrogens (tertiary/aromatic N) is 1. The van der Waals surface area contributed by atoms with Gasteiger partial charge >= 0.3 is 0 Å². The third kappa shape index (κ3) is 3.89. The van der Waals surface area contributed by atoms with Crippen LogP contribution >= 0.6 is 11.3 Å². The highest BCUT2D eigenvalue weighted by atomic mass is 32.1. The predicted octanol–water partition coefficient (Wildman–Crippen LogP) is 5.60. The van der Waals surface area contributed by atoms with Crippen molar-refractivity contribution in [3.8, 4) is 17.0 Å². The molecule has 5 heteroatoms. The van der Waals surface area contributed by atoms with Crippen molar-refractivity contribution in [3.63, 3.8) is 0 Å². The lowest BCUT2D eigenvalue weighted by molar-refractivity contribution is -0.118. The predicted molar refractivity (Wildman–Crippen MR) is 115 cm³/mol. The first kappa shape index (κ1) is 18.2. The van der Waals surface area contributed by atoms with Crippen molar-refractivity contribution in [1.82, 2.24) is 4.98 Å². The first-order chi connectivity index (χ1) is 13.6. The van der Waals surface area contributed by atoms with Gasteiger partial charge in [-0.05, 0) is 47.9 Å². The molecule has 1 aromatic heterocycles. The fraction of sp³-hybridized carbons (Fsp3) is 0.130. The Bertz CT molecular complexity index is 1150.